The van der Waals surface area contributed by atoms with Crippen molar-refractivity contribution in [3.63, 3.8) is 0 Å². The van der Waals surface area contributed by atoms with Crippen LogP contribution in [-0.4, -0.2) is 40.0 Å². The molecule has 0 spiro atoms. The number of carbonyl (C=O) groups excluding carboxylic acids is 1. The van der Waals surface area contributed by atoms with E-state index in [1.807, 2.05) is 30.5 Å². The molecule has 0 unspecified atom stereocenters. The monoisotopic (exact) mass is 398 g/mol. The van der Waals surface area contributed by atoms with E-state index in [2.05, 4.69) is 4.98 Å². The van der Waals surface area contributed by atoms with Crippen molar-refractivity contribution < 1.29 is 23.5 Å². The van der Waals surface area contributed by atoms with E-state index in [1.54, 1.807) is 0 Å². The van der Waals surface area contributed by atoms with Crippen molar-refractivity contribution in [2.45, 2.75) is 18.8 Å². The quantitative estimate of drug-likeness (QED) is 0.688. The van der Waals surface area contributed by atoms with Crippen LogP contribution >= 0.6 is 0 Å². The van der Waals surface area contributed by atoms with E-state index in [0.717, 1.165) is 28.6 Å². The van der Waals surface area contributed by atoms with Crippen LogP contribution in [0.3, 0.4) is 0 Å². The highest BCUT2D eigenvalue weighted by Crippen LogP contribution is 2.35. The molecule has 1 aliphatic rings. The van der Waals surface area contributed by atoms with Gasteiger partial charge in [-0.1, -0.05) is 12.1 Å². The molecule has 7 heteroatoms. The molecule has 29 heavy (non-hydrogen) atoms. The van der Waals surface area contributed by atoms with Crippen molar-refractivity contribution >= 4 is 22.8 Å². The molecular weight excluding hydrogens is 378 g/mol. The summed E-state index contributed by atoms with van der Waals surface area (Å²) in [5.74, 6) is -4.38. The largest absolute Gasteiger partial charge is 0.481 e. The Morgan fingerprint density at radius 2 is 1.93 bits per heavy atom. The number of aliphatic carboxylic acids is 1. The maximum atomic E-state index is 14.2. The van der Waals surface area contributed by atoms with Crippen molar-refractivity contribution in [3.8, 4) is 0 Å². The van der Waals surface area contributed by atoms with E-state index in [4.69, 9.17) is 0 Å². The lowest BCUT2D eigenvalue weighted by Gasteiger charge is -2.17. The summed E-state index contributed by atoms with van der Waals surface area (Å²) in [4.78, 5) is 29.0. The predicted octanol–water partition coefficient (Wildman–Crippen LogP) is 3.71. The fourth-order valence-corrected chi connectivity index (χ4v) is 4.04. The first-order valence-corrected chi connectivity index (χ1v) is 9.44. The van der Waals surface area contributed by atoms with Crippen LogP contribution in [0.25, 0.3) is 10.9 Å². The number of halogens is 2. The molecule has 2 atom stereocenters. The number of aryl methyl sites for hydroxylation is 1. The molecule has 2 aromatic carbocycles. The van der Waals surface area contributed by atoms with Gasteiger partial charge in [0.2, 0.25) is 5.91 Å². The molecule has 1 saturated heterocycles. The van der Waals surface area contributed by atoms with Gasteiger partial charge in [0.25, 0.3) is 0 Å². The molecule has 2 N–H and O–H groups in total. The third kappa shape index (κ3) is 3.85. The van der Waals surface area contributed by atoms with E-state index in [-0.39, 0.29) is 31.0 Å². The van der Waals surface area contributed by atoms with Crippen LogP contribution in [0.2, 0.25) is 0 Å². The Morgan fingerprint density at radius 1 is 1.10 bits per heavy atom. The van der Waals surface area contributed by atoms with Crippen molar-refractivity contribution in [2.24, 2.45) is 5.92 Å². The number of aromatic amines is 1. The van der Waals surface area contributed by atoms with E-state index in [9.17, 15) is 23.5 Å². The van der Waals surface area contributed by atoms with Crippen LogP contribution in [0.5, 0.6) is 0 Å². The van der Waals surface area contributed by atoms with Crippen LogP contribution in [0.4, 0.5) is 8.78 Å². The molecule has 3 aromatic rings. The maximum Gasteiger partial charge on any atom is 0.308 e. The second-order valence-electron chi connectivity index (χ2n) is 7.42. The summed E-state index contributed by atoms with van der Waals surface area (Å²) in [6.45, 7) is 0.127. The van der Waals surface area contributed by atoms with Crippen molar-refractivity contribution in [1.82, 2.24) is 9.88 Å². The number of carboxylic acids is 1. The second kappa shape index (κ2) is 7.66. The Labute approximate surface area is 166 Å². The van der Waals surface area contributed by atoms with E-state index in [1.165, 1.54) is 11.0 Å². The standard InChI is InChI=1S/C22H20F2N2O3/c23-15-3-4-16(19(24)10-15)17-11-26(12-18(17)22(28)29)21(27)6-2-13-1-5-20-14(9-13)7-8-25-20/h1,3-5,7-10,17-18,25H,2,6,11-12H2,(H,28,29)/t17-,18+/m1/s1. The predicted molar refractivity (Wildman–Crippen MR) is 103 cm³/mol. The number of rotatable bonds is 5. The number of carboxylic acid groups (broad SMARTS) is 1. The molecule has 1 amide bonds. The van der Waals surface area contributed by atoms with Crippen molar-refractivity contribution in [1.29, 1.82) is 0 Å². The Balaban J connectivity index is 1.46. The zero-order valence-electron chi connectivity index (χ0n) is 15.6. The van der Waals surface area contributed by atoms with Crippen LogP contribution < -0.4 is 0 Å². The lowest BCUT2D eigenvalue weighted by molar-refractivity contribution is -0.141. The normalized spacial score (nSPS) is 19.0. The minimum atomic E-state index is -1.09. The molecule has 0 aliphatic carbocycles. The first kappa shape index (κ1) is 19.1. The first-order chi connectivity index (χ1) is 13.9. The summed E-state index contributed by atoms with van der Waals surface area (Å²) in [6, 6.07) is 11.0. The minimum Gasteiger partial charge on any atom is -0.481 e. The third-order valence-electron chi connectivity index (χ3n) is 5.60. The number of fused-ring (bicyclic) bond motifs is 1. The summed E-state index contributed by atoms with van der Waals surface area (Å²) >= 11 is 0. The number of nitrogens with zero attached hydrogens (tertiary/aromatic N) is 1. The topological polar surface area (TPSA) is 73.4 Å². The average Bonchev–Trinajstić information content (AvgIpc) is 3.33. The Hall–Kier alpha value is -3.22. The van der Waals surface area contributed by atoms with Crippen molar-refractivity contribution in [3.05, 3.63) is 71.4 Å². The van der Waals surface area contributed by atoms with Crippen LogP contribution in [-0.2, 0) is 16.0 Å². The number of hydrogen-bond acceptors (Lipinski definition) is 2. The van der Waals surface area contributed by atoms with Gasteiger partial charge in [-0.25, -0.2) is 8.78 Å². The number of hydrogen-bond donors (Lipinski definition) is 2. The van der Waals surface area contributed by atoms with Crippen LogP contribution in [0, 0.1) is 17.6 Å². The summed E-state index contributed by atoms with van der Waals surface area (Å²) < 4.78 is 27.4. The fraction of sp³-hybridized carbons (Fsp3) is 0.273. The van der Waals surface area contributed by atoms with Gasteiger partial charge in [0.05, 0.1) is 5.92 Å². The summed E-state index contributed by atoms with van der Waals surface area (Å²) in [7, 11) is 0. The lowest BCUT2D eigenvalue weighted by Crippen LogP contribution is -2.30. The van der Waals surface area contributed by atoms with Gasteiger partial charge in [-0.2, -0.15) is 0 Å². The highest BCUT2D eigenvalue weighted by atomic mass is 19.1. The zero-order chi connectivity index (χ0) is 20.5. The number of aromatic nitrogens is 1. The molecule has 0 bridgehead atoms. The number of amides is 1. The molecular formula is C22H20F2N2O3. The van der Waals surface area contributed by atoms with Gasteiger partial charge in [-0.3, -0.25) is 9.59 Å². The smallest absolute Gasteiger partial charge is 0.308 e. The van der Waals surface area contributed by atoms with Gasteiger partial charge in [0.15, 0.2) is 0 Å². The molecule has 1 aliphatic heterocycles. The Bertz CT molecular complexity index is 1080. The SMILES string of the molecule is O=C(O)[C@H]1CN(C(=O)CCc2ccc3[nH]ccc3c2)C[C@@H]1c1ccc(F)cc1F. The first-order valence-electron chi connectivity index (χ1n) is 9.44. The van der Waals surface area contributed by atoms with Gasteiger partial charge in [-0.05, 0) is 47.2 Å². The van der Waals surface area contributed by atoms with Crippen LogP contribution in [0.1, 0.15) is 23.5 Å². The average molecular weight is 398 g/mol. The van der Waals surface area contributed by atoms with E-state index in [0.29, 0.717) is 6.42 Å². The van der Waals surface area contributed by atoms with Gasteiger partial charge >= 0.3 is 5.97 Å². The zero-order valence-corrected chi connectivity index (χ0v) is 15.6. The van der Waals surface area contributed by atoms with Gasteiger partial charge in [0.1, 0.15) is 11.6 Å². The minimum absolute atomic E-state index is 0.0203. The number of benzene rings is 2. The molecule has 1 aromatic heterocycles. The summed E-state index contributed by atoms with van der Waals surface area (Å²) in [5, 5.41) is 10.6. The van der Waals surface area contributed by atoms with Crippen molar-refractivity contribution in [2.75, 3.05) is 13.1 Å². The second-order valence-corrected chi connectivity index (χ2v) is 7.42. The molecule has 0 saturated carbocycles. The maximum absolute atomic E-state index is 14.2. The third-order valence-corrected chi connectivity index (χ3v) is 5.60. The molecule has 0 radical (unpaired) electrons. The summed E-state index contributed by atoms with van der Waals surface area (Å²) in [5.41, 5.74) is 2.17. The Morgan fingerprint density at radius 3 is 2.69 bits per heavy atom. The van der Waals surface area contributed by atoms with E-state index >= 15 is 0 Å². The number of likely N-dealkylation sites (tertiary alicyclic amines) is 1. The number of carbonyl (C=O) groups is 2. The molecule has 4 rings (SSSR count). The van der Waals surface area contributed by atoms with Crippen LogP contribution in [0.15, 0.2) is 48.7 Å². The highest BCUT2D eigenvalue weighted by molar-refractivity contribution is 5.81. The molecule has 1 fully saturated rings. The Kier molecular flexibility index (Phi) is 5.05. The molecule has 5 nitrogen and oxygen atoms in total. The van der Waals surface area contributed by atoms with Gasteiger partial charge in [-0.15, -0.1) is 0 Å². The van der Waals surface area contributed by atoms with E-state index < -0.39 is 29.4 Å². The van der Waals surface area contributed by atoms with Gasteiger partial charge < -0.3 is 15.0 Å². The lowest BCUT2D eigenvalue weighted by atomic mass is 9.88. The number of H-pyrrole nitrogens is 1. The summed E-state index contributed by atoms with van der Waals surface area (Å²) in [6.07, 6.45) is 2.62. The highest BCUT2D eigenvalue weighted by Gasteiger charge is 2.41. The molecule has 2 heterocycles. The van der Waals surface area contributed by atoms with Gasteiger partial charge in [0, 0.05) is 43.2 Å². The molecule has 150 valence electrons. The number of nitrogens with one attached hydrogen (secondary N) is 1. The fourth-order valence-electron chi connectivity index (χ4n) is 4.04.